The van der Waals surface area contributed by atoms with Crippen LogP contribution in [0.3, 0.4) is 0 Å². The van der Waals surface area contributed by atoms with E-state index in [0.717, 1.165) is 6.92 Å². The molecule has 4 heteroatoms. The van der Waals surface area contributed by atoms with E-state index in [2.05, 4.69) is 84.0 Å². The van der Waals surface area contributed by atoms with Crippen LogP contribution in [0.15, 0.2) is 48.5 Å². The molecule has 26 heavy (non-hydrogen) atoms. The first-order valence-electron chi connectivity index (χ1n) is 8.50. The summed E-state index contributed by atoms with van der Waals surface area (Å²) in [5, 5.41) is 9.46. The summed E-state index contributed by atoms with van der Waals surface area (Å²) < 4.78 is 0. The van der Waals surface area contributed by atoms with Gasteiger partial charge in [0.25, 0.3) is 5.97 Å². The molecule has 0 aliphatic rings. The maximum absolute atomic E-state index is 9.00. The number of aliphatic carboxylic acids is 1. The average molecular weight is 464 g/mol. The smallest absolute Gasteiger partial charge is 0.300 e. The molecule has 0 aromatic heterocycles. The summed E-state index contributed by atoms with van der Waals surface area (Å²) in [6.07, 6.45) is 0. The van der Waals surface area contributed by atoms with E-state index in [1.165, 1.54) is 16.4 Å². The summed E-state index contributed by atoms with van der Waals surface area (Å²) in [7, 11) is -0.302. The van der Waals surface area contributed by atoms with Crippen LogP contribution in [0.1, 0.15) is 48.5 Å². The van der Waals surface area contributed by atoms with Gasteiger partial charge in [-0.05, 0) is 10.3 Å². The first-order valence-corrected chi connectivity index (χ1v) is 9.84. The van der Waals surface area contributed by atoms with Crippen molar-refractivity contribution in [3.8, 4) is 11.1 Å². The molecule has 0 aliphatic heterocycles. The Morgan fingerprint density at radius 1 is 0.923 bits per heavy atom. The van der Waals surface area contributed by atoms with E-state index in [1.807, 2.05) is 12.1 Å². The Kier molecular flexibility index (Phi) is 9.97. The molecule has 2 aromatic carbocycles. The first kappa shape index (κ1) is 25.0. The van der Waals surface area contributed by atoms with Crippen molar-refractivity contribution in [3.05, 3.63) is 54.6 Å². The second-order valence-corrected chi connectivity index (χ2v) is 11.8. The fraction of sp³-hybridized carbons (Fsp3) is 0.409. The molecule has 146 valence electrons. The predicted molar refractivity (Wildman–Crippen MR) is 110 cm³/mol. The van der Waals surface area contributed by atoms with E-state index in [0.29, 0.717) is 0 Å². The van der Waals surface area contributed by atoms with Crippen molar-refractivity contribution in [2.45, 2.75) is 58.8 Å². The zero-order chi connectivity index (χ0) is 19.3. The second kappa shape index (κ2) is 10.4. The molecule has 0 bridgehead atoms. The van der Waals surface area contributed by atoms with E-state index in [9.17, 15) is 0 Å². The van der Waals surface area contributed by atoms with Crippen molar-refractivity contribution >= 4 is 19.2 Å². The van der Waals surface area contributed by atoms with Gasteiger partial charge in [0, 0.05) is 27.3 Å². The van der Waals surface area contributed by atoms with Crippen LogP contribution < -0.4 is 5.30 Å². The first-order chi connectivity index (χ1) is 11.4. The van der Waals surface area contributed by atoms with Gasteiger partial charge in [-0.25, -0.2) is 0 Å². The summed E-state index contributed by atoms with van der Waals surface area (Å²) >= 11 is 0. The Morgan fingerprint density at radius 3 is 1.81 bits per heavy atom. The average Bonchev–Trinajstić information content (AvgIpc) is 2.45. The number of carboxylic acid groups (broad SMARTS) is 1. The van der Waals surface area contributed by atoms with Crippen LogP contribution >= 0.6 is 7.92 Å². The third-order valence-corrected chi connectivity index (χ3v) is 7.04. The summed E-state index contributed by atoms with van der Waals surface area (Å²) in [5.74, 6) is -0.833. The predicted octanol–water partition coefficient (Wildman–Crippen LogP) is 5.95. The molecule has 0 saturated heterocycles. The Labute approximate surface area is 173 Å². The number of carbonyl (C=O) groups is 1. The van der Waals surface area contributed by atoms with E-state index in [4.69, 9.17) is 9.90 Å². The Morgan fingerprint density at radius 2 is 1.38 bits per heavy atom. The zero-order valence-corrected chi connectivity index (χ0v) is 19.2. The molecule has 0 spiro atoms. The zero-order valence-electron chi connectivity index (χ0n) is 16.7. The van der Waals surface area contributed by atoms with Gasteiger partial charge < -0.3 is 5.11 Å². The van der Waals surface area contributed by atoms with Crippen molar-refractivity contribution in [3.63, 3.8) is 0 Å². The van der Waals surface area contributed by atoms with Gasteiger partial charge in [-0.3, -0.25) is 4.79 Å². The molecule has 0 amide bonds. The SMILES string of the molecule is CC(=O)O.CC(C)(C)P(c1ccccc1-c1[c-]cccc1)C(C)(C)C.[Pd]. The molecule has 0 saturated carbocycles. The fourth-order valence-corrected chi connectivity index (χ4v) is 7.32. The molecule has 2 rings (SSSR count). The molecular weight excluding hydrogens is 434 g/mol. The van der Waals surface area contributed by atoms with Crippen molar-refractivity contribution in [2.24, 2.45) is 0 Å². The molecule has 2 nitrogen and oxygen atoms in total. The summed E-state index contributed by atoms with van der Waals surface area (Å²) in [6, 6.07) is 20.6. The second-order valence-electron chi connectivity index (χ2n) is 7.99. The van der Waals surface area contributed by atoms with Gasteiger partial charge >= 0.3 is 0 Å². The third-order valence-electron chi connectivity index (χ3n) is 3.49. The van der Waals surface area contributed by atoms with Crippen molar-refractivity contribution < 1.29 is 30.3 Å². The minimum atomic E-state index is -0.833. The Balaban J connectivity index is 0.00000113. The van der Waals surface area contributed by atoms with Gasteiger partial charge in [0.1, 0.15) is 0 Å². The third kappa shape index (κ3) is 7.71. The maximum Gasteiger partial charge on any atom is 0.300 e. The Bertz CT molecular complexity index is 667. The molecule has 0 fully saturated rings. The van der Waals surface area contributed by atoms with Crippen LogP contribution in [-0.4, -0.2) is 21.4 Å². The van der Waals surface area contributed by atoms with E-state index in [1.54, 1.807) is 0 Å². The van der Waals surface area contributed by atoms with Crippen LogP contribution in [0.5, 0.6) is 0 Å². The number of rotatable bonds is 2. The minimum Gasteiger partial charge on any atom is -0.481 e. The molecule has 0 heterocycles. The van der Waals surface area contributed by atoms with Crippen LogP contribution in [0.4, 0.5) is 0 Å². The molecule has 0 aliphatic carbocycles. The summed E-state index contributed by atoms with van der Waals surface area (Å²) in [5.41, 5.74) is 2.54. The van der Waals surface area contributed by atoms with E-state index >= 15 is 0 Å². The van der Waals surface area contributed by atoms with Gasteiger partial charge in [-0.2, -0.15) is 0 Å². The molecular formula is C22H30O2PPd-. The summed E-state index contributed by atoms with van der Waals surface area (Å²) in [4.78, 5) is 9.00. The van der Waals surface area contributed by atoms with Crippen molar-refractivity contribution in [2.75, 3.05) is 0 Å². The van der Waals surface area contributed by atoms with Gasteiger partial charge in [0.05, 0.1) is 0 Å². The van der Waals surface area contributed by atoms with Gasteiger partial charge in [0.2, 0.25) is 0 Å². The van der Waals surface area contributed by atoms with Crippen LogP contribution in [-0.2, 0) is 25.2 Å². The van der Waals surface area contributed by atoms with Gasteiger partial charge in [0.15, 0.2) is 0 Å². The van der Waals surface area contributed by atoms with E-state index in [-0.39, 0.29) is 38.7 Å². The van der Waals surface area contributed by atoms with Crippen LogP contribution in [0.2, 0.25) is 0 Å². The quantitative estimate of drug-likeness (QED) is 0.339. The number of carboxylic acids is 1. The molecule has 0 unspecified atom stereocenters. The standard InChI is InChI=1S/C20H26P.C2H4O2.Pd/c1-19(2,3)21(20(4,5)6)18-15-11-10-14-17(18)16-12-8-7-9-13-16;1-2(3)4;/h7-12,14-15H,1-6H3;1H3,(H,3,4);/q-1;;. The topological polar surface area (TPSA) is 37.3 Å². The molecule has 1 N–H and O–H groups in total. The molecule has 2 aromatic rings. The van der Waals surface area contributed by atoms with Crippen LogP contribution in [0, 0.1) is 6.07 Å². The van der Waals surface area contributed by atoms with E-state index < -0.39 is 5.97 Å². The fourth-order valence-electron chi connectivity index (χ4n) is 3.19. The van der Waals surface area contributed by atoms with Crippen LogP contribution in [0.25, 0.3) is 11.1 Å². The number of hydrogen-bond donors (Lipinski definition) is 1. The van der Waals surface area contributed by atoms with Crippen molar-refractivity contribution in [1.29, 1.82) is 0 Å². The number of hydrogen-bond acceptors (Lipinski definition) is 1. The Hall–Kier alpha value is -0.998. The molecule has 0 atom stereocenters. The minimum absolute atomic E-state index is 0. The normalized spacial score (nSPS) is 11.2. The maximum atomic E-state index is 9.00. The monoisotopic (exact) mass is 463 g/mol. The molecule has 0 radical (unpaired) electrons. The van der Waals surface area contributed by atoms with Crippen molar-refractivity contribution in [1.82, 2.24) is 0 Å². The number of benzene rings is 2. The largest absolute Gasteiger partial charge is 0.481 e. The van der Waals surface area contributed by atoms with Gasteiger partial charge in [-0.15, -0.1) is 35.9 Å². The summed E-state index contributed by atoms with van der Waals surface area (Å²) in [6.45, 7) is 15.3. The van der Waals surface area contributed by atoms with Gasteiger partial charge in [-0.1, -0.05) is 84.6 Å².